The highest BCUT2D eigenvalue weighted by molar-refractivity contribution is 5.95. The van der Waals surface area contributed by atoms with Crippen LogP contribution in [0.4, 0.5) is 0 Å². The molecular formula is C20H27N3O4. The molecule has 7 heteroatoms. The molecule has 2 aliphatic rings. The summed E-state index contributed by atoms with van der Waals surface area (Å²) in [6, 6.07) is 0.358. The van der Waals surface area contributed by atoms with E-state index in [1.165, 1.54) is 12.6 Å². The van der Waals surface area contributed by atoms with E-state index in [1.54, 1.807) is 7.11 Å². The largest absolute Gasteiger partial charge is 0.359 e. The fraction of sp³-hybridized carbons (Fsp3) is 0.650. The SMILES string of the molecule is COCOC1(C)CCC(n2ncc3c2C[C@H](C)c2c(C(C)=O)noc2-3)CC1. The molecule has 0 bridgehead atoms. The lowest BCUT2D eigenvalue weighted by atomic mass is 9.82. The Balaban J connectivity index is 1.59. The highest BCUT2D eigenvalue weighted by Gasteiger charge is 2.37. The highest BCUT2D eigenvalue weighted by Crippen LogP contribution is 2.44. The molecule has 0 aromatic carbocycles. The zero-order chi connectivity index (χ0) is 19.2. The zero-order valence-corrected chi connectivity index (χ0v) is 16.4. The average molecular weight is 373 g/mol. The Kier molecular flexibility index (Phi) is 4.68. The van der Waals surface area contributed by atoms with Crippen molar-refractivity contribution in [2.45, 2.75) is 70.4 Å². The second-order valence-corrected chi connectivity index (χ2v) is 8.12. The van der Waals surface area contributed by atoms with Gasteiger partial charge in [-0.2, -0.15) is 5.10 Å². The summed E-state index contributed by atoms with van der Waals surface area (Å²) >= 11 is 0. The number of hydrogen-bond acceptors (Lipinski definition) is 6. The number of aromatic nitrogens is 3. The summed E-state index contributed by atoms with van der Waals surface area (Å²) in [4.78, 5) is 11.9. The van der Waals surface area contributed by atoms with Crippen molar-refractivity contribution < 1.29 is 18.8 Å². The van der Waals surface area contributed by atoms with E-state index in [2.05, 4.69) is 23.7 Å². The summed E-state index contributed by atoms with van der Waals surface area (Å²) in [5.41, 5.74) is 3.43. The van der Waals surface area contributed by atoms with Crippen molar-refractivity contribution in [3.63, 3.8) is 0 Å². The zero-order valence-electron chi connectivity index (χ0n) is 16.4. The van der Waals surface area contributed by atoms with Gasteiger partial charge in [-0.05, 0) is 44.9 Å². The second-order valence-electron chi connectivity index (χ2n) is 8.12. The average Bonchev–Trinajstić information content (AvgIpc) is 3.25. The minimum Gasteiger partial charge on any atom is -0.359 e. The van der Waals surface area contributed by atoms with Crippen LogP contribution >= 0.6 is 0 Å². The molecule has 2 aliphatic carbocycles. The number of ketones is 1. The van der Waals surface area contributed by atoms with Crippen LogP contribution in [0.5, 0.6) is 0 Å². The Labute approximate surface area is 159 Å². The Morgan fingerprint density at radius 1 is 1.41 bits per heavy atom. The lowest BCUT2D eigenvalue weighted by Gasteiger charge is -2.37. The molecule has 1 fully saturated rings. The molecule has 0 saturated heterocycles. The number of carbonyl (C=O) groups excluding carboxylic acids is 1. The van der Waals surface area contributed by atoms with Crippen LogP contribution in [0, 0.1) is 0 Å². The Morgan fingerprint density at radius 2 is 2.15 bits per heavy atom. The van der Waals surface area contributed by atoms with E-state index in [0.29, 0.717) is 24.3 Å². The summed E-state index contributed by atoms with van der Waals surface area (Å²) < 4.78 is 18.7. The Morgan fingerprint density at radius 3 is 2.81 bits per heavy atom. The molecule has 4 rings (SSSR count). The normalized spacial score (nSPS) is 27.3. The van der Waals surface area contributed by atoms with Crippen LogP contribution in [0.2, 0.25) is 0 Å². The van der Waals surface area contributed by atoms with Crippen LogP contribution in [0.1, 0.15) is 80.2 Å². The van der Waals surface area contributed by atoms with Gasteiger partial charge in [0.15, 0.2) is 17.2 Å². The summed E-state index contributed by atoms with van der Waals surface area (Å²) in [6.45, 7) is 6.16. The first-order chi connectivity index (χ1) is 12.9. The number of nitrogens with zero attached hydrogens (tertiary/aromatic N) is 3. The maximum Gasteiger partial charge on any atom is 0.181 e. The van der Waals surface area contributed by atoms with E-state index in [0.717, 1.165) is 43.2 Å². The number of carbonyl (C=O) groups is 1. The van der Waals surface area contributed by atoms with Gasteiger partial charge in [0.1, 0.15) is 6.79 Å². The van der Waals surface area contributed by atoms with Gasteiger partial charge in [0, 0.05) is 19.6 Å². The molecule has 1 atom stereocenters. The molecule has 146 valence electrons. The third-order valence-corrected chi connectivity index (χ3v) is 6.08. The molecule has 27 heavy (non-hydrogen) atoms. The molecule has 0 amide bonds. The van der Waals surface area contributed by atoms with Crippen LogP contribution in [0.25, 0.3) is 11.3 Å². The third-order valence-electron chi connectivity index (χ3n) is 6.08. The number of methoxy groups -OCH3 is 1. The maximum atomic E-state index is 11.9. The number of fused-ring (bicyclic) bond motifs is 3. The van der Waals surface area contributed by atoms with Crippen molar-refractivity contribution in [2.24, 2.45) is 0 Å². The van der Waals surface area contributed by atoms with Gasteiger partial charge in [-0.15, -0.1) is 0 Å². The third kappa shape index (κ3) is 3.12. The monoisotopic (exact) mass is 373 g/mol. The van der Waals surface area contributed by atoms with Gasteiger partial charge < -0.3 is 14.0 Å². The van der Waals surface area contributed by atoms with Crippen molar-refractivity contribution in [3.05, 3.63) is 23.1 Å². The summed E-state index contributed by atoms with van der Waals surface area (Å²) in [5.74, 6) is 0.849. The van der Waals surface area contributed by atoms with Crippen molar-refractivity contribution in [1.82, 2.24) is 14.9 Å². The molecule has 0 N–H and O–H groups in total. The predicted octanol–water partition coefficient (Wildman–Crippen LogP) is 3.89. The van der Waals surface area contributed by atoms with E-state index in [1.807, 2.05) is 6.20 Å². The number of Topliss-reactive ketones (excluding diaryl/α,β-unsaturated/α-hetero) is 1. The first-order valence-electron chi connectivity index (χ1n) is 9.63. The molecule has 0 aliphatic heterocycles. The fourth-order valence-electron chi connectivity index (χ4n) is 4.49. The minimum absolute atomic E-state index is 0.0506. The maximum absolute atomic E-state index is 11.9. The van der Waals surface area contributed by atoms with E-state index < -0.39 is 0 Å². The lowest BCUT2D eigenvalue weighted by molar-refractivity contribution is -0.139. The van der Waals surface area contributed by atoms with Crippen LogP contribution in [0.3, 0.4) is 0 Å². The van der Waals surface area contributed by atoms with Crippen LogP contribution in [0.15, 0.2) is 10.7 Å². The molecule has 0 spiro atoms. The van der Waals surface area contributed by atoms with Crippen LogP contribution in [-0.2, 0) is 15.9 Å². The molecule has 2 aromatic heterocycles. The van der Waals surface area contributed by atoms with Crippen LogP contribution in [-0.4, -0.2) is 40.2 Å². The van der Waals surface area contributed by atoms with Gasteiger partial charge in [0.2, 0.25) is 0 Å². The molecule has 0 unspecified atom stereocenters. The summed E-state index contributed by atoms with van der Waals surface area (Å²) in [7, 11) is 1.65. The number of rotatable bonds is 5. The number of hydrogen-bond donors (Lipinski definition) is 0. The van der Waals surface area contributed by atoms with Crippen molar-refractivity contribution in [2.75, 3.05) is 13.9 Å². The first-order valence-corrected chi connectivity index (χ1v) is 9.63. The lowest BCUT2D eigenvalue weighted by Crippen LogP contribution is -2.36. The van der Waals surface area contributed by atoms with Crippen molar-refractivity contribution in [1.29, 1.82) is 0 Å². The smallest absolute Gasteiger partial charge is 0.181 e. The second kappa shape index (κ2) is 6.87. The topological polar surface area (TPSA) is 79.4 Å². The van der Waals surface area contributed by atoms with Gasteiger partial charge in [-0.3, -0.25) is 9.48 Å². The van der Waals surface area contributed by atoms with E-state index >= 15 is 0 Å². The van der Waals surface area contributed by atoms with Crippen molar-refractivity contribution >= 4 is 5.78 Å². The highest BCUT2D eigenvalue weighted by atomic mass is 16.7. The first kappa shape index (κ1) is 18.4. The van der Waals surface area contributed by atoms with Gasteiger partial charge in [0.05, 0.1) is 29.1 Å². The van der Waals surface area contributed by atoms with Gasteiger partial charge in [-0.1, -0.05) is 12.1 Å². The number of ether oxygens (including phenoxy) is 2. The predicted molar refractivity (Wildman–Crippen MR) is 98.7 cm³/mol. The fourth-order valence-corrected chi connectivity index (χ4v) is 4.49. The molecule has 2 heterocycles. The standard InChI is InChI=1S/C20H27N3O4/c1-12-9-16-15(19-17(12)18(13(2)24)22-27-19)10-21-23(16)14-5-7-20(3,8-6-14)26-11-25-4/h10,12,14H,5-9,11H2,1-4H3/t12-,14?,20?/m0/s1. The van der Waals surface area contributed by atoms with E-state index in [-0.39, 0.29) is 17.3 Å². The molecule has 0 radical (unpaired) electrons. The molecule has 7 nitrogen and oxygen atoms in total. The van der Waals surface area contributed by atoms with Gasteiger partial charge >= 0.3 is 0 Å². The summed E-state index contributed by atoms with van der Waals surface area (Å²) in [5, 5.41) is 8.72. The van der Waals surface area contributed by atoms with Crippen LogP contribution < -0.4 is 0 Å². The van der Waals surface area contributed by atoms with Gasteiger partial charge in [0.25, 0.3) is 0 Å². The van der Waals surface area contributed by atoms with Crippen molar-refractivity contribution in [3.8, 4) is 11.3 Å². The summed E-state index contributed by atoms with van der Waals surface area (Å²) in [6.07, 6.45) is 6.71. The van der Waals surface area contributed by atoms with Gasteiger partial charge in [-0.25, -0.2) is 0 Å². The molecular weight excluding hydrogens is 346 g/mol. The quantitative estimate of drug-likeness (QED) is 0.584. The molecule has 2 aromatic rings. The van der Waals surface area contributed by atoms with E-state index in [9.17, 15) is 4.79 Å². The Hall–Kier alpha value is -1.99. The molecule has 1 saturated carbocycles. The Bertz CT molecular complexity index is 846. The minimum atomic E-state index is -0.124. The van der Waals surface area contributed by atoms with E-state index in [4.69, 9.17) is 19.1 Å².